The van der Waals surface area contributed by atoms with Crippen molar-refractivity contribution >= 4 is 0 Å². The molecule has 1 atom stereocenters. The summed E-state index contributed by atoms with van der Waals surface area (Å²) in [5, 5.41) is 3.52. The highest BCUT2D eigenvalue weighted by atomic mass is 14.8. The highest BCUT2D eigenvalue weighted by Gasteiger charge is 2.05. The van der Waals surface area contributed by atoms with Crippen LogP contribution in [0.25, 0.3) is 0 Å². The molecule has 0 aliphatic rings. The standard InChI is InChI=1S/C17H29N/c1-5-6-16-7-9-17(10-8-16)15(4)11-12-18-13-14(2)3/h7-10,14-15,18H,5-6,11-13H2,1-4H3. The van der Waals surface area contributed by atoms with Crippen molar-refractivity contribution in [2.24, 2.45) is 5.92 Å². The molecule has 1 rings (SSSR count). The van der Waals surface area contributed by atoms with Crippen LogP contribution in [0.4, 0.5) is 0 Å². The second-order valence-electron chi connectivity index (χ2n) is 5.78. The maximum atomic E-state index is 3.52. The molecule has 1 unspecified atom stereocenters. The first-order valence-electron chi connectivity index (χ1n) is 7.43. The van der Waals surface area contributed by atoms with E-state index in [-0.39, 0.29) is 0 Å². The van der Waals surface area contributed by atoms with Gasteiger partial charge in [-0.05, 0) is 48.9 Å². The molecule has 0 saturated carbocycles. The van der Waals surface area contributed by atoms with Crippen LogP contribution in [0.15, 0.2) is 24.3 Å². The lowest BCUT2D eigenvalue weighted by Gasteiger charge is -2.14. The van der Waals surface area contributed by atoms with Crippen LogP contribution in [-0.4, -0.2) is 13.1 Å². The second kappa shape index (κ2) is 8.31. The Morgan fingerprint density at radius 1 is 1.06 bits per heavy atom. The first kappa shape index (κ1) is 15.2. The van der Waals surface area contributed by atoms with Crippen molar-refractivity contribution in [1.29, 1.82) is 0 Å². The van der Waals surface area contributed by atoms with Crippen LogP contribution in [0.2, 0.25) is 0 Å². The molecule has 0 radical (unpaired) electrons. The van der Waals surface area contributed by atoms with Gasteiger partial charge in [-0.25, -0.2) is 0 Å². The van der Waals surface area contributed by atoms with Gasteiger partial charge in [-0.2, -0.15) is 0 Å². The Balaban J connectivity index is 2.34. The van der Waals surface area contributed by atoms with Gasteiger partial charge in [0, 0.05) is 0 Å². The Hall–Kier alpha value is -0.820. The van der Waals surface area contributed by atoms with Crippen LogP contribution >= 0.6 is 0 Å². The van der Waals surface area contributed by atoms with Crippen molar-refractivity contribution in [3.05, 3.63) is 35.4 Å². The van der Waals surface area contributed by atoms with E-state index >= 15 is 0 Å². The lowest BCUT2D eigenvalue weighted by molar-refractivity contribution is 0.525. The predicted molar refractivity (Wildman–Crippen MR) is 81.2 cm³/mol. The summed E-state index contributed by atoms with van der Waals surface area (Å²) in [4.78, 5) is 0. The lowest BCUT2D eigenvalue weighted by Crippen LogP contribution is -2.21. The summed E-state index contributed by atoms with van der Waals surface area (Å²) in [5.41, 5.74) is 2.94. The fourth-order valence-corrected chi connectivity index (χ4v) is 2.18. The third-order valence-electron chi connectivity index (χ3n) is 3.39. The summed E-state index contributed by atoms with van der Waals surface area (Å²) in [6.07, 6.45) is 3.65. The molecule has 0 aliphatic carbocycles. The minimum absolute atomic E-state index is 0.653. The average molecular weight is 247 g/mol. The molecule has 1 aromatic rings. The molecular weight excluding hydrogens is 218 g/mol. The number of aryl methyl sites for hydroxylation is 1. The zero-order chi connectivity index (χ0) is 13.4. The van der Waals surface area contributed by atoms with Crippen LogP contribution in [0.1, 0.15) is 57.6 Å². The van der Waals surface area contributed by atoms with E-state index in [2.05, 4.69) is 57.3 Å². The van der Waals surface area contributed by atoms with Crippen LogP contribution in [0.5, 0.6) is 0 Å². The maximum absolute atomic E-state index is 3.52. The summed E-state index contributed by atoms with van der Waals surface area (Å²) in [6, 6.07) is 9.18. The zero-order valence-electron chi connectivity index (χ0n) is 12.5. The molecule has 0 saturated heterocycles. The number of nitrogens with one attached hydrogen (secondary N) is 1. The minimum Gasteiger partial charge on any atom is -0.316 e. The number of hydrogen-bond acceptors (Lipinski definition) is 1. The van der Waals surface area contributed by atoms with Gasteiger partial charge in [0.1, 0.15) is 0 Å². The van der Waals surface area contributed by atoms with Crippen molar-refractivity contribution in [2.45, 2.75) is 52.9 Å². The molecule has 1 aromatic carbocycles. The van der Waals surface area contributed by atoms with Gasteiger partial charge < -0.3 is 5.32 Å². The van der Waals surface area contributed by atoms with E-state index in [9.17, 15) is 0 Å². The van der Waals surface area contributed by atoms with Crippen LogP contribution in [0.3, 0.4) is 0 Å². The zero-order valence-corrected chi connectivity index (χ0v) is 12.5. The van der Waals surface area contributed by atoms with Crippen LogP contribution in [-0.2, 0) is 6.42 Å². The normalized spacial score (nSPS) is 12.9. The molecule has 102 valence electrons. The molecule has 1 N–H and O–H groups in total. The van der Waals surface area contributed by atoms with Gasteiger partial charge in [0.25, 0.3) is 0 Å². The van der Waals surface area contributed by atoms with Gasteiger partial charge in [0.05, 0.1) is 0 Å². The SMILES string of the molecule is CCCc1ccc(C(C)CCNCC(C)C)cc1. The van der Waals surface area contributed by atoms with E-state index in [0.717, 1.165) is 19.0 Å². The minimum atomic E-state index is 0.653. The Morgan fingerprint density at radius 2 is 1.72 bits per heavy atom. The first-order chi connectivity index (χ1) is 8.63. The number of hydrogen-bond donors (Lipinski definition) is 1. The Kier molecular flexibility index (Phi) is 7.04. The quantitative estimate of drug-likeness (QED) is 0.672. The van der Waals surface area contributed by atoms with Crippen molar-refractivity contribution in [3.8, 4) is 0 Å². The molecular formula is C17H29N. The molecule has 1 heteroatoms. The summed E-state index contributed by atoms with van der Waals surface area (Å²) < 4.78 is 0. The van der Waals surface area contributed by atoms with Gasteiger partial charge in [0.2, 0.25) is 0 Å². The third kappa shape index (κ3) is 5.68. The van der Waals surface area contributed by atoms with E-state index in [1.54, 1.807) is 0 Å². The Labute approximate surface area is 113 Å². The number of benzene rings is 1. The number of rotatable bonds is 8. The smallest absolute Gasteiger partial charge is 0.00258 e. The molecule has 0 spiro atoms. The summed E-state index contributed by atoms with van der Waals surface area (Å²) >= 11 is 0. The molecule has 0 bridgehead atoms. The van der Waals surface area contributed by atoms with E-state index in [0.29, 0.717) is 5.92 Å². The summed E-state index contributed by atoms with van der Waals surface area (Å²) in [6.45, 7) is 11.3. The Bertz CT molecular complexity index is 313. The van der Waals surface area contributed by atoms with Crippen molar-refractivity contribution in [2.75, 3.05) is 13.1 Å². The highest BCUT2D eigenvalue weighted by Crippen LogP contribution is 2.19. The fourth-order valence-electron chi connectivity index (χ4n) is 2.18. The van der Waals surface area contributed by atoms with E-state index in [1.807, 2.05) is 0 Å². The lowest BCUT2D eigenvalue weighted by atomic mass is 9.96. The monoisotopic (exact) mass is 247 g/mol. The highest BCUT2D eigenvalue weighted by molar-refractivity contribution is 5.25. The van der Waals surface area contributed by atoms with Crippen molar-refractivity contribution in [3.63, 3.8) is 0 Å². The fraction of sp³-hybridized carbons (Fsp3) is 0.647. The van der Waals surface area contributed by atoms with Crippen LogP contribution in [0, 0.1) is 5.92 Å². The van der Waals surface area contributed by atoms with Crippen LogP contribution < -0.4 is 5.32 Å². The van der Waals surface area contributed by atoms with E-state index in [4.69, 9.17) is 0 Å². The van der Waals surface area contributed by atoms with E-state index < -0.39 is 0 Å². The first-order valence-corrected chi connectivity index (χ1v) is 7.43. The second-order valence-corrected chi connectivity index (χ2v) is 5.78. The molecule has 1 nitrogen and oxygen atoms in total. The maximum Gasteiger partial charge on any atom is -0.00258 e. The van der Waals surface area contributed by atoms with Gasteiger partial charge >= 0.3 is 0 Å². The largest absolute Gasteiger partial charge is 0.316 e. The Morgan fingerprint density at radius 3 is 2.28 bits per heavy atom. The van der Waals surface area contributed by atoms with Crippen molar-refractivity contribution < 1.29 is 0 Å². The van der Waals surface area contributed by atoms with Gasteiger partial charge in [-0.3, -0.25) is 0 Å². The van der Waals surface area contributed by atoms with E-state index in [1.165, 1.54) is 30.4 Å². The molecule has 0 aromatic heterocycles. The van der Waals surface area contributed by atoms with Crippen molar-refractivity contribution in [1.82, 2.24) is 5.32 Å². The molecule has 0 aliphatic heterocycles. The third-order valence-corrected chi connectivity index (χ3v) is 3.39. The average Bonchev–Trinajstić information content (AvgIpc) is 2.35. The molecule has 0 fully saturated rings. The van der Waals surface area contributed by atoms with Gasteiger partial charge in [-0.1, -0.05) is 58.4 Å². The molecule has 18 heavy (non-hydrogen) atoms. The van der Waals surface area contributed by atoms with Gasteiger partial charge in [-0.15, -0.1) is 0 Å². The van der Waals surface area contributed by atoms with Gasteiger partial charge in [0.15, 0.2) is 0 Å². The predicted octanol–water partition coefficient (Wildman–Crippen LogP) is 4.38. The molecule has 0 heterocycles. The molecule has 0 amide bonds. The summed E-state index contributed by atoms with van der Waals surface area (Å²) in [7, 11) is 0. The summed E-state index contributed by atoms with van der Waals surface area (Å²) in [5.74, 6) is 1.40. The topological polar surface area (TPSA) is 12.0 Å².